The molecule has 1 N–H and O–H groups in total. The Hall–Kier alpha value is -2.50. The molecule has 0 bridgehead atoms. The molecular weight excluding hydrogens is 412 g/mol. The molecule has 5 nitrogen and oxygen atoms in total. The Morgan fingerprint density at radius 1 is 1.19 bits per heavy atom. The van der Waals surface area contributed by atoms with E-state index in [9.17, 15) is 4.79 Å². The predicted octanol–water partition coefficient (Wildman–Crippen LogP) is 4.33. The summed E-state index contributed by atoms with van der Waals surface area (Å²) in [5.41, 5.74) is 6.50. The lowest BCUT2D eigenvalue weighted by molar-refractivity contribution is -0.129. The van der Waals surface area contributed by atoms with E-state index in [-0.39, 0.29) is 11.8 Å². The Morgan fingerprint density at radius 2 is 2.00 bits per heavy atom. The fourth-order valence-corrected chi connectivity index (χ4v) is 4.59. The van der Waals surface area contributed by atoms with E-state index in [2.05, 4.69) is 29.3 Å². The van der Waals surface area contributed by atoms with E-state index in [1.165, 1.54) is 22.3 Å². The van der Waals surface area contributed by atoms with Gasteiger partial charge in [-0.1, -0.05) is 29.3 Å². The molecule has 1 saturated heterocycles. The van der Waals surface area contributed by atoms with Gasteiger partial charge < -0.3 is 14.8 Å². The number of allylic oxidation sites excluding steroid dienone is 1. The van der Waals surface area contributed by atoms with Gasteiger partial charge >= 0.3 is 0 Å². The van der Waals surface area contributed by atoms with Gasteiger partial charge in [-0.2, -0.15) is 0 Å². The SMILES string of the molecule is CNC(=O)C1CN(CC2=C(C)c3ccc(OCc4ccc(Cl)c(OC)c4)cc3CC2)C1. The van der Waals surface area contributed by atoms with Gasteiger partial charge in [0.15, 0.2) is 0 Å². The lowest BCUT2D eigenvalue weighted by Gasteiger charge is -2.39. The molecule has 2 aliphatic rings. The van der Waals surface area contributed by atoms with Gasteiger partial charge in [-0.25, -0.2) is 0 Å². The number of nitrogens with one attached hydrogen (secondary N) is 1. The maximum atomic E-state index is 11.7. The van der Waals surface area contributed by atoms with Crippen LogP contribution < -0.4 is 14.8 Å². The van der Waals surface area contributed by atoms with E-state index in [0.717, 1.165) is 43.8 Å². The number of nitrogens with zero attached hydrogens (tertiary/aromatic N) is 1. The number of amides is 1. The number of likely N-dealkylation sites (tertiary alicyclic amines) is 1. The highest BCUT2D eigenvalue weighted by Gasteiger charge is 2.32. The predicted molar refractivity (Wildman–Crippen MR) is 124 cm³/mol. The molecule has 0 aromatic heterocycles. The zero-order chi connectivity index (χ0) is 22.0. The molecule has 1 aliphatic heterocycles. The van der Waals surface area contributed by atoms with Crippen molar-refractivity contribution in [2.75, 3.05) is 33.8 Å². The molecule has 4 rings (SSSR count). The minimum absolute atomic E-state index is 0.141. The van der Waals surface area contributed by atoms with Crippen molar-refractivity contribution in [1.29, 1.82) is 0 Å². The number of carbonyl (C=O) groups excluding carboxylic acids is 1. The summed E-state index contributed by atoms with van der Waals surface area (Å²) in [6.07, 6.45) is 2.07. The quantitative estimate of drug-likeness (QED) is 0.696. The number of ether oxygens (including phenoxy) is 2. The van der Waals surface area contributed by atoms with Crippen LogP contribution in [0.15, 0.2) is 42.0 Å². The van der Waals surface area contributed by atoms with Crippen LogP contribution >= 0.6 is 11.6 Å². The Morgan fingerprint density at radius 3 is 2.74 bits per heavy atom. The third-order valence-electron chi connectivity index (χ3n) is 6.32. The van der Waals surface area contributed by atoms with E-state index in [4.69, 9.17) is 21.1 Å². The second-order valence-corrected chi connectivity index (χ2v) is 8.72. The molecule has 2 aromatic rings. The Kier molecular flexibility index (Phi) is 6.54. The number of aryl methyl sites for hydroxylation is 1. The first kappa shape index (κ1) is 21.7. The van der Waals surface area contributed by atoms with E-state index in [1.54, 1.807) is 14.2 Å². The van der Waals surface area contributed by atoms with Crippen molar-refractivity contribution in [2.24, 2.45) is 5.92 Å². The van der Waals surface area contributed by atoms with E-state index in [0.29, 0.717) is 17.4 Å². The summed E-state index contributed by atoms with van der Waals surface area (Å²) in [6.45, 7) is 5.34. The summed E-state index contributed by atoms with van der Waals surface area (Å²) in [7, 11) is 3.32. The number of methoxy groups -OCH3 is 1. The molecule has 6 heteroatoms. The molecule has 1 aliphatic carbocycles. The molecule has 1 fully saturated rings. The number of halogens is 1. The second-order valence-electron chi connectivity index (χ2n) is 8.31. The molecule has 1 heterocycles. The highest BCUT2D eigenvalue weighted by atomic mass is 35.5. The molecule has 0 atom stereocenters. The van der Waals surface area contributed by atoms with Gasteiger partial charge in [-0.15, -0.1) is 0 Å². The Labute approximate surface area is 189 Å². The van der Waals surface area contributed by atoms with Gasteiger partial charge in [0.1, 0.15) is 18.1 Å². The standard InChI is InChI=1S/C25H29ClN2O3/c1-16-19(12-28-13-20(14-28)25(29)27-2)6-5-18-11-21(7-8-22(16)18)31-15-17-4-9-23(26)24(10-17)30-3/h4,7-11,20H,5-6,12-15H2,1-3H3,(H,27,29). The molecule has 0 spiro atoms. The topological polar surface area (TPSA) is 50.8 Å². The van der Waals surface area contributed by atoms with Gasteiger partial charge in [0.05, 0.1) is 18.1 Å². The number of carbonyl (C=O) groups is 1. The molecular formula is C25H29ClN2O3. The Bertz CT molecular complexity index is 1010. The van der Waals surface area contributed by atoms with Crippen molar-refractivity contribution < 1.29 is 14.3 Å². The van der Waals surface area contributed by atoms with Crippen molar-refractivity contribution >= 4 is 23.1 Å². The molecule has 0 saturated carbocycles. The zero-order valence-electron chi connectivity index (χ0n) is 18.3. The van der Waals surface area contributed by atoms with E-state index < -0.39 is 0 Å². The van der Waals surface area contributed by atoms with Crippen LogP contribution in [0.2, 0.25) is 5.02 Å². The smallest absolute Gasteiger partial charge is 0.225 e. The van der Waals surface area contributed by atoms with Crippen LogP contribution in [0.1, 0.15) is 30.0 Å². The minimum atomic E-state index is 0.141. The lowest BCUT2D eigenvalue weighted by Crippen LogP contribution is -2.53. The number of benzene rings is 2. The van der Waals surface area contributed by atoms with Gasteiger partial charge in [0.25, 0.3) is 0 Å². The Balaban J connectivity index is 1.39. The van der Waals surface area contributed by atoms with Crippen LogP contribution in [0.5, 0.6) is 11.5 Å². The van der Waals surface area contributed by atoms with Crippen molar-refractivity contribution in [2.45, 2.75) is 26.4 Å². The summed E-state index contributed by atoms with van der Waals surface area (Å²) >= 11 is 6.10. The first-order valence-electron chi connectivity index (χ1n) is 10.7. The number of hydrogen-bond donors (Lipinski definition) is 1. The third kappa shape index (κ3) is 4.73. The van der Waals surface area contributed by atoms with E-state index in [1.807, 2.05) is 24.3 Å². The van der Waals surface area contributed by atoms with Gasteiger partial charge in [0.2, 0.25) is 5.91 Å². The molecule has 31 heavy (non-hydrogen) atoms. The van der Waals surface area contributed by atoms with Crippen LogP contribution in [0.3, 0.4) is 0 Å². The fourth-order valence-electron chi connectivity index (χ4n) is 4.39. The molecule has 1 amide bonds. The van der Waals surface area contributed by atoms with Crippen LogP contribution in [0.25, 0.3) is 5.57 Å². The second kappa shape index (κ2) is 9.33. The van der Waals surface area contributed by atoms with Crippen LogP contribution in [0.4, 0.5) is 0 Å². The van der Waals surface area contributed by atoms with Crippen molar-refractivity contribution in [3.63, 3.8) is 0 Å². The van der Waals surface area contributed by atoms with Crippen molar-refractivity contribution in [3.05, 3.63) is 63.7 Å². The van der Waals surface area contributed by atoms with Gasteiger partial charge in [-0.3, -0.25) is 9.69 Å². The van der Waals surface area contributed by atoms with Crippen LogP contribution in [-0.4, -0.2) is 44.6 Å². The molecule has 2 aromatic carbocycles. The highest BCUT2D eigenvalue weighted by Crippen LogP contribution is 2.35. The summed E-state index contributed by atoms with van der Waals surface area (Å²) in [6, 6.07) is 12.1. The average molecular weight is 441 g/mol. The van der Waals surface area contributed by atoms with Gasteiger partial charge in [0, 0.05) is 26.7 Å². The average Bonchev–Trinajstić information content (AvgIpc) is 2.76. The lowest BCUT2D eigenvalue weighted by atomic mass is 9.85. The number of rotatable bonds is 7. The number of fused-ring (bicyclic) bond motifs is 1. The van der Waals surface area contributed by atoms with Gasteiger partial charge in [-0.05, 0) is 66.3 Å². The monoisotopic (exact) mass is 440 g/mol. The normalized spacial score (nSPS) is 16.5. The summed E-state index contributed by atoms with van der Waals surface area (Å²) < 4.78 is 11.3. The molecule has 0 unspecified atom stereocenters. The maximum Gasteiger partial charge on any atom is 0.225 e. The van der Waals surface area contributed by atoms with Crippen molar-refractivity contribution in [1.82, 2.24) is 10.2 Å². The first-order valence-corrected chi connectivity index (χ1v) is 11.1. The third-order valence-corrected chi connectivity index (χ3v) is 6.63. The van der Waals surface area contributed by atoms with Crippen LogP contribution in [-0.2, 0) is 17.8 Å². The minimum Gasteiger partial charge on any atom is -0.495 e. The first-order chi connectivity index (χ1) is 15.0. The summed E-state index contributed by atoms with van der Waals surface area (Å²) in [5.74, 6) is 1.83. The highest BCUT2D eigenvalue weighted by molar-refractivity contribution is 6.32. The largest absolute Gasteiger partial charge is 0.495 e. The molecule has 0 radical (unpaired) electrons. The van der Waals surface area contributed by atoms with Crippen LogP contribution in [0, 0.1) is 5.92 Å². The van der Waals surface area contributed by atoms with Crippen molar-refractivity contribution in [3.8, 4) is 11.5 Å². The zero-order valence-corrected chi connectivity index (χ0v) is 19.1. The fraction of sp³-hybridized carbons (Fsp3) is 0.400. The number of hydrogen-bond acceptors (Lipinski definition) is 4. The summed E-state index contributed by atoms with van der Waals surface area (Å²) in [4.78, 5) is 14.1. The summed E-state index contributed by atoms with van der Waals surface area (Å²) in [5, 5.41) is 3.34. The van der Waals surface area contributed by atoms with E-state index >= 15 is 0 Å². The molecule has 164 valence electrons. The maximum absolute atomic E-state index is 11.7.